The van der Waals surface area contributed by atoms with Gasteiger partial charge >= 0.3 is 17.9 Å². The average molecular weight is 485 g/mol. The number of carbonyl (C=O) groups is 3. The van der Waals surface area contributed by atoms with Gasteiger partial charge in [-0.25, -0.2) is 4.79 Å². The molecule has 0 saturated heterocycles. The summed E-state index contributed by atoms with van der Waals surface area (Å²) in [6.07, 6.45) is 4.00. The maximum atomic E-state index is 13.1. The molecule has 3 aromatic rings. The molecule has 0 bridgehead atoms. The summed E-state index contributed by atoms with van der Waals surface area (Å²) in [5.41, 5.74) is 2.13. The van der Waals surface area contributed by atoms with Gasteiger partial charge in [-0.15, -0.1) is 0 Å². The molecule has 1 aliphatic rings. The van der Waals surface area contributed by atoms with E-state index < -0.39 is 35.8 Å². The summed E-state index contributed by atoms with van der Waals surface area (Å²) >= 11 is 0. The number of ether oxygens (including phenoxy) is 3. The zero-order valence-electron chi connectivity index (χ0n) is 19.8. The summed E-state index contributed by atoms with van der Waals surface area (Å²) in [5.74, 6) is -3.22. The molecule has 3 aromatic carbocycles. The van der Waals surface area contributed by atoms with Crippen LogP contribution in [0.4, 0.5) is 0 Å². The van der Waals surface area contributed by atoms with Crippen LogP contribution in [0.3, 0.4) is 0 Å². The van der Waals surface area contributed by atoms with Crippen LogP contribution in [0, 0.1) is 11.8 Å². The lowest BCUT2D eigenvalue weighted by Gasteiger charge is -2.27. The molecule has 1 aliphatic carbocycles. The molecule has 0 heterocycles. The molecule has 4 rings (SSSR count). The quantitative estimate of drug-likeness (QED) is 0.178. The molecule has 36 heavy (non-hydrogen) atoms. The van der Waals surface area contributed by atoms with Crippen molar-refractivity contribution in [2.45, 2.75) is 32.2 Å². The Morgan fingerprint density at radius 1 is 0.667 bits per heavy atom. The standard InChI is InChI=1S/C30H28O6/c31-28(25-14-8-3-9-15-25)36-26-18-16-24(17-19-26)27(29(32)34-20-22-10-4-1-5-11-22)30(33)35-21-23-12-6-2-7-13-23/h1-16,18,24,26-27H,17,19-21H2/t24-,26+/m1/s1. The van der Waals surface area contributed by atoms with Crippen LogP contribution in [0.25, 0.3) is 0 Å². The molecule has 184 valence electrons. The molecular formula is C30H28O6. The maximum Gasteiger partial charge on any atom is 0.338 e. The van der Waals surface area contributed by atoms with Crippen LogP contribution in [0.1, 0.15) is 34.3 Å². The number of rotatable bonds is 9. The lowest BCUT2D eigenvalue weighted by Crippen LogP contribution is -2.35. The molecule has 0 unspecified atom stereocenters. The Labute approximate surface area is 210 Å². The summed E-state index contributed by atoms with van der Waals surface area (Å²) in [6.45, 7) is 0.131. The van der Waals surface area contributed by atoms with Crippen LogP contribution in [-0.4, -0.2) is 24.0 Å². The van der Waals surface area contributed by atoms with Crippen LogP contribution in [0.2, 0.25) is 0 Å². The molecule has 0 amide bonds. The molecule has 0 radical (unpaired) electrons. The number of benzene rings is 3. The third-order valence-corrected chi connectivity index (χ3v) is 6.01. The van der Waals surface area contributed by atoms with Crippen molar-refractivity contribution in [1.29, 1.82) is 0 Å². The van der Waals surface area contributed by atoms with E-state index in [-0.39, 0.29) is 13.2 Å². The second-order valence-corrected chi connectivity index (χ2v) is 8.60. The van der Waals surface area contributed by atoms with E-state index in [0.717, 1.165) is 11.1 Å². The van der Waals surface area contributed by atoms with Gasteiger partial charge in [0.2, 0.25) is 0 Å². The molecule has 6 heteroatoms. The van der Waals surface area contributed by atoms with Gasteiger partial charge in [-0.2, -0.15) is 0 Å². The molecule has 0 saturated carbocycles. The smallest absolute Gasteiger partial charge is 0.338 e. The monoisotopic (exact) mass is 484 g/mol. The number of allylic oxidation sites excluding steroid dienone is 1. The molecular weight excluding hydrogens is 456 g/mol. The molecule has 0 aromatic heterocycles. The van der Waals surface area contributed by atoms with Crippen LogP contribution >= 0.6 is 0 Å². The lowest BCUT2D eigenvalue weighted by atomic mass is 9.83. The largest absolute Gasteiger partial charge is 0.460 e. The van der Waals surface area contributed by atoms with Crippen molar-refractivity contribution in [2.24, 2.45) is 11.8 Å². The fourth-order valence-electron chi connectivity index (χ4n) is 4.05. The van der Waals surface area contributed by atoms with Crippen LogP contribution in [0.5, 0.6) is 0 Å². The van der Waals surface area contributed by atoms with E-state index in [1.807, 2.05) is 66.7 Å². The SMILES string of the molecule is O=C(O[C@H]1C=C[C@@H](C(C(=O)OCc2ccccc2)C(=O)OCc2ccccc2)CC1)c1ccccc1. The highest BCUT2D eigenvalue weighted by atomic mass is 16.6. The van der Waals surface area contributed by atoms with Crippen LogP contribution in [0.15, 0.2) is 103 Å². The highest BCUT2D eigenvalue weighted by Crippen LogP contribution is 2.29. The zero-order chi connectivity index (χ0) is 25.2. The van der Waals surface area contributed by atoms with Crippen molar-refractivity contribution in [1.82, 2.24) is 0 Å². The van der Waals surface area contributed by atoms with E-state index in [9.17, 15) is 14.4 Å². The molecule has 0 fully saturated rings. The Morgan fingerprint density at radius 2 is 1.17 bits per heavy atom. The maximum absolute atomic E-state index is 13.1. The van der Waals surface area contributed by atoms with Crippen molar-refractivity contribution in [2.75, 3.05) is 0 Å². The van der Waals surface area contributed by atoms with Crippen molar-refractivity contribution >= 4 is 17.9 Å². The molecule has 0 N–H and O–H groups in total. The predicted molar refractivity (Wildman–Crippen MR) is 133 cm³/mol. The van der Waals surface area contributed by atoms with Gasteiger partial charge in [0, 0.05) is 5.92 Å². The minimum atomic E-state index is -1.11. The second-order valence-electron chi connectivity index (χ2n) is 8.60. The molecule has 0 spiro atoms. The summed E-state index contributed by atoms with van der Waals surface area (Å²) in [4.78, 5) is 38.5. The Morgan fingerprint density at radius 3 is 1.64 bits per heavy atom. The van der Waals surface area contributed by atoms with E-state index in [0.29, 0.717) is 18.4 Å². The Balaban J connectivity index is 1.42. The number of esters is 3. The van der Waals surface area contributed by atoms with E-state index in [1.54, 1.807) is 36.4 Å². The highest BCUT2D eigenvalue weighted by Gasteiger charge is 2.38. The summed E-state index contributed by atoms with van der Waals surface area (Å²) in [7, 11) is 0. The first-order valence-corrected chi connectivity index (χ1v) is 12.0. The number of hydrogen-bond acceptors (Lipinski definition) is 6. The first-order chi connectivity index (χ1) is 17.6. The highest BCUT2D eigenvalue weighted by molar-refractivity contribution is 5.95. The van der Waals surface area contributed by atoms with Gasteiger partial charge in [-0.3, -0.25) is 9.59 Å². The first-order valence-electron chi connectivity index (χ1n) is 12.0. The summed E-state index contributed by atoms with van der Waals surface area (Å²) in [5, 5.41) is 0. The van der Waals surface area contributed by atoms with Crippen molar-refractivity contribution in [3.8, 4) is 0 Å². The number of hydrogen-bond donors (Lipinski definition) is 0. The summed E-state index contributed by atoms with van der Waals surface area (Å²) in [6, 6.07) is 27.3. The fraction of sp³-hybridized carbons (Fsp3) is 0.233. The van der Waals surface area contributed by atoms with Crippen molar-refractivity contribution in [3.05, 3.63) is 120 Å². The van der Waals surface area contributed by atoms with Gasteiger partial charge in [0.1, 0.15) is 19.3 Å². The van der Waals surface area contributed by atoms with Gasteiger partial charge < -0.3 is 14.2 Å². The normalized spacial score (nSPS) is 16.8. The minimum absolute atomic E-state index is 0.0654. The van der Waals surface area contributed by atoms with Gasteiger partial charge in [-0.1, -0.05) is 84.9 Å². The van der Waals surface area contributed by atoms with Crippen LogP contribution in [-0.2, 0) is 37.0 Å². The predicted octanol–water partition coefficient (Wildman–Crippen LogP) is 5.28. The Hall–Kier alpha value is -4.19. The topological polar surface area (TPSA) is 78.9 Å². The van der Waals surface area contributed by atoms with E-state index in [2.05, 4.69) is 0 Å². The van der Waals surface area contributed by atoms with Gasteiger partial charge in [0.15, 0.2) is 5.92 Å². The van der Waals surface area contributed by atoms with Gasteiger partial charge in [0.05, 0.1) is 5.56 Å². The lowest BCUT2D eigenvalue weighted by molar-refractivity contribution is -0.166. The second kappa shape index (κ2) is 12.5. The van der Waals surface area contributed by atoms with Gasteiger partial charge in [0.25, 0.3) is 0 Å². The Bertz CT molecular complexity index is 1120. The van der Waals surface area contributed by atoms with E-state index in [1.165, 1.54) is 0 Å². The van der Waals surface area contributed by atoms with Crippen LogP contribution < -0.4 is 0 Å². The molecule has 2 atom stereocenters. The minimum Gasteiger partial charge on any atom is -0.460 e. The molecule has 0 aliphatic heterocycles. The van der Waals surface area contributed by atoms with E-state index >= 15 is 0 Å². The average Bonchev–Trinajstić information content (AvgIpc) is 2.93. The summed E-state index contributed by atoms with van der Waals surface area (Å²) < 4.78 is 16.6. The molecule has 6 nitrogen and oxygen atoms in total. The zero-order valence-corrected chi connectivity index (χ0v) is 19.8. The van der Waals surface area contributed by atoms with Crippen molar-refractivity contribution in [3.63, 3.8) is 0 Å². The fourth-order valence-corrected chi connectivity index (χ4v) is 4.05. The van der Waals surface area contributed by atoms with Crippen molar-refractivity contribution < 1.29 is 28.6 Å². The third-order valence-electron chi connectivity index (χ3n) is 6.01. The van der Waals surface area contributed by atoms with E-state index in [4.69, 9.17) is 14.2 Å². The Kier molecular flexibility index (Phi) is 8.65. The first kappa shape index (κ1) is 24.9. The number of carbonyl (C=O) groups excluding carboxylic acids is 3. The van der Waals surface area contributed by atoms with Gasteiger partial charge in [-0.05, 0) is 42.2 Å². The third kappa shape index (κ3) is 6.92.